The molecule has 2 N–H and O–H groups in total. The second-order valence-electron chi connectivity index (χ2n) is 4.59. The zero-order valence-corrected chi connectivity index (χ0v) is 10.4. The van der Waals surface area contributed by atoms with Crippen molar-refractivity contribution in [3.05, 3.63) is 46.0 Å². The maximum absolute atomic E-state index is 11.0. The Bertz CT molecular complexity index is 554. The zero-order valence-electron chi connectivity index (χ0n) is 10.4. The molecule has 0 spiro atoms. The van der Waals surface area contributed by atoms with Crippen LogP contribution in [0, 0.1) is 23.0 Å². The minimum atomic E-state index is -0.876. The van der Waals surface area contributed by atoms with Crippen LogP contribution in [0.4, 0.5) is 11.4 Å². The van der Waals surface area contributed by atoms with Crippen molar-refractivity contribution in [2.75, 3.05) is 5.32 Å². The number of hydrogen-bond acceptors (Lipinski definition) is 4. The summed E-state index contributed by atoms with van der Waals surface area (Å²) in [6.45, 7) is 1.78. The number of carbonyl (C=O) groups is 1. The number of aliphatic carboxylic acids is 1. The van der Waals surface area contributed by atoms with Crippen LogP contribution in [0.2, 0.25) is 0 Å². The van der Waals surface area contributed by atoms with Crippen LogP contribution < -0.4 is 5.32 Å². The van der Waals surface area contributed by atoms with E-state index in [2.05, 4.69) is 5.32 Å². The number of benzene rings is 1. The first-order valence-electron chi connectivity index (χ1n) is 5.90. The molecule has 2 rings (SSSR count). The highest BCUT2D eigenvalue weighted by Crippen LogP contribution is 2.29. The number of carboxylic acid groups (broad SMARTS) is 1. The molecular formula is C13H14N2O4. The number of nitrogens with one attached hydrogen (secondary N) is 1. The van der Waals surface area contributed by atoms with Crippen LogP contribution in [0.1, 0.15) is 12.0 Å². The SMILES string of the molecule is Cc1ccc(NC2C=CC(C(=O)O)C2)c([N+](=O)[O-])c1. The molecule has 0 radical (unpaired) electrons. The van der Waals surface area contributed by atoms with E-state index in [4.69, 9.17) is 5.11 Å². The van der Waals surface area contributed by atoms with Gasteiger partial charge >= 0.3 is 5.97 Å². The molecule has 1 aliphatic carbocycles. The van der Waals surface area contributed by atoms with Crippen LogP contribution in [-0.2, 0) is 4.79 Å². The van der Waals surface area contributed by atoms with Crippen molar-refractivity contribution in [1.29, 1.82) is 0 Å². The molecule has 0 aliphatic heterocycles. The minimum Gasteiger partial charge on any atom is -0.481 e. The monoisotopic (exact) mass is 262 g/mol. The van der Waals surface area contributed by atoms with Gasteiger partial charge in [-0.1, -0.05) is 18.2 Å². The highest BCUT2D eigenvalue weighted by atomic mass is 16.6. The van der Waals surface area contributed by atoms with Gasteiger partial charge in [0, 0.05) is 12.1 Å². The molecule has 0 fully saturated rings. The Morgan fingerprint density at radius 3 is 2.79 bits per heavy atom. The van der Waals surface area contributed by atoms with Gasteiger partial charge in [0.1, 0.15) is 5.69 Å². The molecule has 0 amide bonds. The molecular weight excluding hydrogens is 248 g/mol. The van der Waals surface area contributed by atoms with Gasteiger partial charge in [0.25, 0.3) is 5.69 Å². The van der Waals surface area contributed by atoms with Gasteiger partial charge in [-0.15, -0.1) is 0 Å². The zero-order chi connectivity index (χ0) is 14.0. The summed E-state index contributed by atoms with van der Waals surface area (Å²) in [5, 5.41) is 22.9. The fourth-order valence-corrected chi connectivity index (χ4v) is 2.10. The average Bonchev–Trinajstić information content (AvgIpc) is 2.80. The van der Waals surface area contributed by atoms with Crippen LogP contribution in [0.15, 0.2) is 30.4 Å². The van der Waals surface area contributed by atoms with Gasteiger partial charge in [-0.2, -0.15) is 0 Å². The molecule has 0 saturated heterocycles. The lowest BCUT2D eigenvalue weighted by Gasteiger charge is -2.13. The van der Waals surface area contributed by atoms with E-state index in [0.717, 1.165) is 5.56 Å². The lowest BCUT2D eigenvalue weighted by molar-refractivity contribution is -0.384. The molecule has 1 aromatic carbocycles. The molecule has 19 heavy (non-hydrogen) atoms. The fraction of sp³-hybridized carbons (Fsp3) is 0.308. The normalized spacial score (nSPS) is 21.3. The summed E-state index contributed by atoms with van der Waals surface area (Å²) < 4.78 is 0. The molecule has 1 aromatic rings. The van der Waals surface area contributed by atoms with Crippen molar-refractivity contribution in [2.24, 2.45) is 5.92 Å². The first-order chi connectivity index (χ1) is 8.97. The van der Waals surface area contributed by atoms with E-state index in [1.165, 1.54) is 6.07 Å². The third-order valence-corrected chi connectivity index (χ3v) is 3.09. The first-order valence-corrected chi connectivity index (χ1v) is 5.90. The summed E-state index contributed by atoms with van der Waals surface area (Å²) >= 11 is 0. The molecule has 0 aromatic heterocycles. The summed E-state index contributed by atoms with van der Waals surface area (Å²) in [6, 6.07) is 4.73. The molecule has 1 aliphatic rings. The van der Waals surface area contributed by atoms with Crippen molar-refractivity contribution >= 4 is 17.3 Å². The van der Waals surface area contributed by atoms with Crippen molar-refractivity contribution in [2.45, 2.75) is 19.4 Å². The topological polar surface area (TPSA) is 92.5 Å². The largest absolute Gasteiger partial charge is 0.481 e. The maximum Gasteiger partial charge on any atom is 0.310 e. The van der Waals surface area contributed by atoms with Crippen molar-refractivity contribution < 1.29 is 14.8 Å². The number of nitro groups is 1. The molecule has 0 bridgehead atoms. The van der Waals surface area contributed by atoms with E-state index in [0.29, 0.717) is 12.1 Å². The van der Waals surface area contributed by atoms with Gasteiger partial charge in [0.2, 0.25) is 0 Å². The molecule has 0 saturated carbocycles. The van der Waals surface area contributed by atoms with Gasteiger partial charge in [-0.25, -0.2) is 0 Å². The van der Waals surface area contributed by atoms with Gasteiger partial charge in [0.15, 0.2) is 0 Å². The minimum absolute atomic E-state index is 0.00664. The molecule has 2 unspecified atom stereocenters. The second-order valence-corrected chi connectivity index (χ2v) is 4.59. The smallest absolute Gasteiger partial charge is 0.310 e. The van der Waals surface area contributed by atoms with Gasteiger partial charge in [-0.05, 0) is 25.0 Å². The van der Waals surface area contributed by atoms with Crippen molar-refractivity contribution in [3.8, 4) is 0 Å². The van der Waals surface area contributed by atoms with Crippen LogP contribution in [0.3, 0.4) is 0 Å². The maximum atomic E-state index is 11.0. The Morgan fingerprint density at radius 2 is 2.21 bits per heavy atom. The number of nitrogens with zero attached hydrogens (tertiary/aromatic N) is 1. The Balaban J connectivity index is 2.15. The fourth-order valence-electron chi connectivity index (χ4n) is 2.10. The summed E-state index contributed by atoms with van der Waals surface area (Å²) in [7, 11) is 0. The summed E-state index contributed by atoms with van der Waals surface area (Å²) in [5.41, 5.74) is 1.23. The van der Waals surface area contributed by atoms with Gasteiger partial charge in [-0.3, -0.25) is 14.9 Å². The predicted molar refractivity (Wildman–Crippen MR) is 70.1 cm³/mol. The Morgan fingerprint density at radius 1 is 1.47 bits per heavy atom. The van der Waals surface area contributed by atoms with Crippen molar-refractivity contribution in [3.63, 3.8) is 0 Å². The summed E-state index contributed by atoms with van der Waals surface area (Å²) in [5.74, 6) is -1.40. The number of rotatable bonds is 4. The van der Waals surface area contributed by atoms with Crippen LogP contribution in [-0.4, -0.2) is 22.0 Å². The third kappa shape index (κ3) is 2.90. The number of aryl methyl sites for hydroxylation is 1. The second kappa shape index (κ2) is 5.09. The number of nitro benzene ring substituents is 1. The van der Waals surface area contributed by atoms with E-state index in [1.54, 1.807) is 31.2 Å². The van der Waals surface area contributed by atoms with E-state index in [9.17, 15) is 14.9 Å². The highest BCUT2D eigenvalue weighted by molar-refractivity contribution is 5.73. The predicted octanol–water partition coefficient (Wildman–Crippen LogP) is 2.34. The number of anilines is 1. The summed E-state index contributed by atoms with van der Waals surface area (Å²) in [4.78, 5) is 21.4. The van der Waals surface area contributed by atoms with Gasteiger partial charge in [0.05, 0.1) is 10.8 Å². The van der Waals surface area contributed by atoms with Crippen LogP contribution in [0.5, 0.6) is 0 Å². The van der Waals surface area contributed by atoms with E-state index in [1.807, 2.05) is 0 Å². The Kier molecular flexibility index (Phi) is 3.50. The first kappa shape index (κ1) is 13.1. The lowest BCUT2D eigenvalue weighted by atomic mass is 10.1. The number of hydrogen-bond donors (Lipinski definition) is 2. The standard InChI is InChI=1S/C13H14N2O4/c1-8-2-5-11(12(6-8)15(18)19)14-10-4-3-9(7-10)13(16)17/h2-6,9-10,14H,7H2,1H3,(H,16,17). The van der Waals surface area contributed by atoms with Crippen LogP contribution in [0.25, 0.3) is 0 Å². The third-order valence-electron chi connectivity index (χ3n) is 3.09. The quantitative estimate of drug-likeness (QED) is 0.493. The molecule has 0 heterocycles. The summed E-state index contributed by atoms with van der Waals surface area (Å²) in [6.07, 6.45) is 3.75. The molecule has 100 valence electrons. The van der Waals surface area contributed by atoms with Crippen LogP contribution >= 0.6 is 0 Å². The molecule has 2 atom stereocenters. The highest BCUT2D eigenvalue weighted by Gasteiger charge is 2.25. The van der Waals surface area contributed by atoms with Crippen molar-refractivity contribution in [1.82, 2.24) is 0 Å². The van der Waals surface area contributed by atoms with E-state index >= 15 is 0 Å². The Labute approximate surface area is 109 Å². The molecule has 6 nitrogen and oxygen atoms in total. The van der Waals surface area contributed by atoms with Gasteiger partial charge < -0.3 is 10.4 Å². The number of carboxylic acids is 1. The Hall–Kier alpha value is -2.37. The average molecular weight is 262 g/mol. The lowest BCUT2D eigenvalue weighted by Crippen LogP contribution is -2.19. The van der Waals surface area contributed by atoms with E-state index in [-0.39, 0.29) is 11.7 Å². The van der Waals surface area contributed by atoms with E-state index < -0.39 is 16.8 Å². The molecule has 6 heteroatoms.